The minimum absolute atomic E-state index is 0.0949. The van der Waals surface area contributed by atoms with E-state index < -0.39 is 6.10 Å². The second-order valence-electron chi connectivity index (χ2n) is 15.7. The van der Waals surface area contributed by atoms with Crippen LogP contribution in [0.1, 0.15) is 220 Å². The molecular weight excluding hydrogens is 721 g/mol. The normalized spacial score (nSPS) is 12.7. The Labute approximate surface area is 357 Å². The van der Waals surface area contributed by atoms with Gasteiger partial charge in [0.15, 0.2) is 6.10 Å². The molecule has 0 aromatic carbocycles. The number of esters is 3. The molecule has 58 heavy (non-hydrogen) atoms. The van der Waals surface area contributed by atoms with Gasteiger partial charge in [0.2, 0.25) is 0 Å². The highest BCUT2D eigenvalue weighted by atomic mass is 16.6. The molecule has 0 aliphatic carbocycles. The first-order chi connectivity index (χ1) is 28.5. The van der Waals surface area contributed by atoms with E-state index in [2.05, 4.69) is 93.7 Å². The third-order valence-electron chi connectivity index (χ3n) is 10.0. The second kappa shape index (κ2) is 46.5. The van der Waals surface area contributed by atoms with Gasteiger partial charge < -0.3 is 14.2 Å². The van der Waals surface area contributed by atoms with E-state index in [9.17, 15) is 14.4 Å². The van der Waals surface area contributed by atoms with Crippen LogP contribution in [-0.2, 0) is 28.6 Å². The lowest BCUT2D eigenvalue weighted by molar-refractivity contribution is -0.167. The van der Waals surface area contributed by atoms with Crippen LogP contribution in [0.3, 0.4) is 0 Å². The van der Waals surface area contributed by atoms with Crippen molar-refractivity contribution in [1.29, 1.82) is 0 Å². The number of carbonyl (C=O) groups excluding carboxylic acids is 3. The van der Waals surface area contributed by atoms with E-state index >= 15 is 0 Å². The maximum atomic E-state index is 12.7. The van der Waals surface area contributed by atoms with Crippen LogP contribution in [0.15, 0.2) is 72.9 Å². The number of allylic oxidation sites excluding steroid dienone is 12. The minimum Gasteiger partial charge on any atom is -0.462 e. The zero-order valence-electron chi connectivity index (χ0n) is 37.8. The molecule has 0 saturated carbocycles. The summed E-state index contributed by atoms with van der Waals surface area (Å²) < 4.78 is 16.7. The number of hydrogen-bond donors (Lipinski definition) is 0. The highest BCUT2D eigenvalue weighted by Crippen LogP contribution is 2.15. The molecule has 0 aliphatic rings. The van der Waals surface area contributed by atoms with Crippen molar-refractivity contribution < 1.29 is 28.6 Å². The van der Waals surface area contributed by atoms with Crippen LogP contribution in [-0.4, -0.2) is 37.2 Å². The molecule has 1 unspecified atom stereocenters. The summed E-state index contributed by atoms with van der Waals surface area (Å²) in [7, 11) is 0. The Morgan fingerprint density at radius 3 is 1.28 bits per heavy atom. The van der Waals surface area contributed by atoms with E-state index in [1.165, 1.54) is 77.0 Å². The van der Waals surface area contributed by atoms with Crippen molar-refractivity contribution in [2.24, 2.45) is 0 Å². The zero-order chi connectivity index (χ0) is 42.3. The largest absolute Gasteiger partial charge is 0.462 e. The molecule has 0 heterocycles. The fourth-order valence-electron chi connectivity index (χ4n) is 6.46. The van der Waals surface area contributed by atoms with Crippen LogP contribution in [0.4, 0.5) is 0 Å². The van der Waals surface area contributed by atoms with Crippen molar-refractivity contribution >= 4 is 17.9 Å². The maximum Gasteiger partial charge on any atom is 0.306 e. The molecule has 6 heteroatoms. The summed E-state index contributed by atoms with van der Waals surface area (Å²) in [5, 5.41) is 0. The van der Waals surface area contributed by atoms with Gasteiger partial charge in [-0.25, -0.2) is 0 Å². The highest BCUT2D eigenvalue weighted by molar-refractivity contribution is 5.71. The van der Waals surface area contributed by atoms with E-state index in [0.717, 1.165) is 103 Å². The van der Waals surface area contributed by atoms with Crippen molar-refractivity contribution in [2.75, 3.05) is 13.2 Å². The number of unbranched alkanes of at least 4 members (excludes halogenated alkanes) is 21. The SMILES string of the molecule is CC\C=C/C=C\C=C/CCCCCCCC(=O)OC(COC(=O)CCCC/C=C\C/C=C\C/C=C\CC)COC(=O)CCCCCCCCCCCCCCCCC. The molecule has 0 N–H and O–H groups in total. The summed E-state index contributed by atoms with van der Waals surface area (Å²) in [6, 6.07) is 0. The van der Waals surface area contributed by atoms with E-state index in [-0.39, 0.29) is 31.1 Å². The Balaban J connectivity index is 4.44. The van der Waals surface area contributed by atoms with Gasteiger partial charge in [0.1, 0.15) is 13.2 Å². The monoisotopic (exact) mass is 809 g/mol. The fraction of sp³-hybridized carbons (Fsp3) is 0.712. The molecule has 0 saturated heterocycles. The standard InChI is InChI=1S/C52H88O6/c1-4-7-10-13-16-19-22-25-26-28-30-33-36-39-42-45-51(54)57-48-49(47-56-50(53)44-41-38-35-32-29-24-21-18-15-12-9-6-3)58-52(55)46-43-40-37-34-31-27-23-20-17-14-11-8-5-2/h8-9,11-12,14,17-18,20-21,23,29,32,49H,4-7,10,13,15-16,19,22,24-28,30-31,33-48H2,1-3H3/b11-8-,12-9-,17-14-,21-18-,23-20-,32-29-. The molecule has 0 spiro atoms. The Morgan fingerprint density at radius 2 is 0.759 bits per heavy atom. The summed E-state index contributed by atoms with van der Waals surface area (Å²) in [5.74, 6) is -0.958. The first-order valence-corrected chi connectivity index (χ1v) is 24.0. The van der Waals surface area contributed by atoms with Crippen LogP contribution in [0.5, 0.6) is 0 Å². The van der Waals surface area contributed by atoms with Crippen LogP contribution < -0.4 is 0 Å². The smallest absolute Gasteiger partial charge is 0.306 e. The molecule has 6 nitrogen and oxygen atoms in total. The average Bonchev–Trinajstić information content (AvgIpc) is 3.22. The zero-order valence-corrected chi connectivity index (χ0v) is 37.8. The average molecular weight is 809 g/mol. The predicted octanol–water partition coefficient (Wildman–Crippen LogP) is 15.5. The van der Waals surface area contributed by atoms with Gasteiger partial charge in [-0.05, 0) is 70.6 Å². The van der Waals surface area contributed by atoms with E-state index in [1.54, 1.807) is 0 Å². The topological polar surface area (TPSA) is 78.9 Å². The fourth-order valence-corrected chi connectivity index (χ4v) is 6.46. The molecule has 1 atom stereocenters. The lowest BCUT2D eigenvalue weighted by atomic mass is 10.0. The minimum atomic E-state index is -0.798. The van der Waals surface area contributed by atoms with Crippen LogP contribution in [0.25, 0.3) is 0 Å². The van der Waals surface area contributed by atoms with Gasteiger partial charge in [0, 0.05) is 19.3 Å². The lowest BCUT2D eigenvalue weighted by Gasteiger charge is -2.18. The first-order valence-electron chi connectivity index (χ1n) is 24.0. The Hall–Kier alpha value is -3.15. The maximum absolute atomic E-state index is 12.7. The van der Waals surface area contributed by atoms with Gasteiger partial charge in [-0.2, -0.15) is 0 Å². The Kier molecular flexibility index (Phi) is 44.0. The molecule has 0 radical (unpaired) electrons. The lowest BCUT2D eigenvalue weighted by Crippen LogP contribution is -2.30. The number of hydrogen-bond acceptors (Lipinski definition) is 6. The van der Waals surface area contributed by atoms with Crippen LogP contribution in [0.2, 0.25) is 0 Å². The van der Waals surface area contributed by atoms with Crippen LogP contribution in [0, 0.1) is 0 Å². The quantitative estimate of drug-likeness (QED) is 0.0201. The number of rotatable bonds is 42. The summed E-state index contributed by atoms with van der Waals surface area (Å²) >= 11 is 0. The number of carbonyl (C=O) groups is 3. The third kappa shape index (κ3) is 44.0. The molecule has 0 fully saturated rings. The van der Waals surface area contributed by atoms with Gasteiger partial charge >= 0.3 is 17.9 Å². The van der Waals surface area contributed by atoms with Gasteiger partial charge in [0.05, 0.1) is 0 Å². The van der Waals surface area contributed by atoms with Crippen molar-refractivity contribution in [3.8, 4) is 0 Å². The van der Waals surface area contributed by atoms with E-state index in [0.29, 0.717) is 19.3 Å². The Bertz CT molecular complexity index is 1110. The summed E-state index contributed by atoms with van der Waals surface area (Å²) in [5.41, 5.74) is 0. The van der Waals surface area contributed by atoms with Gasteiger partial charge in [-0.1, -0.05) is 203 Å². The molecule has 0 rings (SSSR count). The van der Waals surface area contributed by atoms with Gasteiger partial charge in [0.25, 0.3) is 0 Å². The van der Waals surface area contributed by atoms with Crippen molar-refractivity contribution in [2.45, 2.75) is 226 Å². The van der Waals surface area contributed by atoms with Gasteiger partial charge in [-0.3, -0.25) is 14.4 Å². The molecule has 0 bridgehead atoms. The molecular formula is C52H88O6. The van der Waals surface area contributed by atoms with Crippen molar-refractivity contribution in [3.63, 3.8) is 0 Å². The molecule has 0 aromatic rings. The van der Waals surface area contributed by atoms with Gasteiger partial charge in [-0.15, -0.1) is 0 Å². The predicted molar refractivity (Wildman–Crippen MR) is 247 cm³/mol. The first kappa shape index (κ1) is 54.9. The van der Waals surface area contributed by atoms with Crippen LogP contribution >= 0.6 is 0 Å². The van der Waals surface area contributed by atoms with E-state index in [1.807, 2.05) is 0 Å². The summed E-state index contributed by atoms with van der Waals surface area (Å²) in [6.07, 6.45) is 57.5. The third-order valence-corrected chi connectivity index (χ3v) is 10.0. The summed E-state index contributed by atoms with van der Waals surface area (Å²) in [6.45, 7) is 6.33. The second-order valence-corrected chi connectivity index (χ2v) is 15.7. The van der Waals surface area contributed by atoms with E-state index in [4.69, 9.17) is 14.2 Å². The molecule has 0 amide bonds. The van der Waals surface area contributed by atoms with Crippen molar-refractivity contribution in [3.05, 3.63) is 72.9 Å². The molecule has 0 aliphatic heterocycles. The Morgan fingerprint density at radius 1 is 0.379 bits per heavy atom. The number of ether oxygens (including phenoxy) is 3. The molecule has 0 aromatic heterocycles. The molecule has 332 valence electrons. The van der Waals surface area contributed by atoms with Crippen molar-refractivity contribution in [1.82, 2.24) is 0 Å². The summed E-state index contributed by atoms with van der Waals surface area (Å²) in [4.78, 5) is 37.8. The highest BCUT2D eigenvalue weighted by Gasteiger charge is 2.19.